The zero-order chi connectivity index (χ0) is 22.4. The molecule has 0 spiro atoms. The number of rotatable bonds is 9. The Hall–Kier alpha value is -3.03. The van der Waals surface area contributed by atoms with Gasteiger partial charge < -0.3 is 15.4 Å². The number of nitrogens with zero attached hydrogens (tertiary/aromatic N) is 2. The number of hydrogen-bond donors (Lipinski definition) is 2. The first kappa shape index (κ1) is 23.3. The molecular weight excluding hydrogens is 384 g/mol. The molecule has 0 aliphatic carbocycles. The topological polar surface area (TPSA) is 110 Å². The lowest BCUT2D eigenvalue weighted by Crippen LogP contribution is -2.43. The van der Waals surface area contributed by atoms with Gasteiger partial charge >= 0.3 is 5.69 Å². The second-order valence-corrected chi connectivity index (χ2v) is 8.01. The average Bonchev–Trinajstić information content (AvgIpc) is 2.64. The summed E-state index contributed by atoms with van der Waals surface area (Å²) in [6.45, 7) is 10.2. The van der Waals surface area contributed by atoms with Gasteiger partial charge in [-0.05, 0) is 49.4 Å². The van der Waals surface area contributed by atoms with E-state index in [4.69, 9.17) is 10.5 Å². The van der Waals surface area contributed by atoms with Crippen LogP contribution in [0.1, 0.15) is 44.7 Å². The van der Waals surface area contributed by atoms with E-state index in [1.54, 1.807) is 0 Å². The molecular formula is C22H32N4O4. The van der Waals surface area contributed by atoms with Crippen LogP contribution in [-0.4, -0.2) is 28.6 Å². The van der Waals surface area contributed by atoms with Gasteiger partial charge in [-0.2, -0.15) is 0 Å². The van der Waals surface area contributed by atoms with Gasteiger partial charge in [-0.15, -0.1) is 0 Å². The number of amides is 1. The lowest BCUT2D eigenvalue weighted by Gasteiger charge is -2.25. The maximum Gasteiger partial charge on any atom is 0.330 e. The molecule has 0 atom stereocenters. The minimum absolute atomic E-state index is 0.00211. The lowest BCUT2D eigenvalue weighted by molar-refractivity contribution is -0.120. The Morgan fingerprint density at radius 2 is 1.83 bits per heavy atom. The highest BCUT2D eigenvalue weighted by Crippen LogP contribution is 2.20. The highest BCUT2D eigenvalue weighted by atomic mass is 16.5. The van der Waals surface area contributed by atoms with E-state index in [9.17, 15) is 14.4 Å². The van der Waals surface area contributed by atoms with Crippen LogP contribution in [0.15, 0.2) is 27.8 Å². The van der Waals surface area contributed by atoms with Crippen molar-refractivity contribution in [2.45, 2.75) is 54.0 Å². The van der Waals surface area contributed by atoms with Crippen molar-refractivity contribution < 1.29 is 9.53 Å². The number of H-pyrrole nitrogens is 1. The number of benzene rings is 1. The van der Waals surface area contributed by atoms with Crippen LogP contribution in [0.25, 0.3) is 0 Å². The molecule has 0 aliphatic heterocycles. The first-order valence-electron chi connectivity index (χ1n) is 10.3. The Balaban J connectivity index is 2.38. The number of nitrogens with one attached hydrogen (secondary N) is 1. The molecule has 0 saturated carbocycles. The molecule has 1 amide bonds. The zero-order valence-corrected chi connectivity index (χ0v) is 18.4. The number of unbranched alkanes of at least 4 members (excludes halogenated alkanes) is 1. The number of nitrogens with two attached hydrogens (primary N) is 1. The molecule has 0 saturated heterocycles. The van der Waals surface area contributed by atoms with Gasteiger partial charge in [0.25, 0.3) is 11.5 Å². The van der Waals surface area contributed by atoms with Crippen LogP contribution in [0.2, 0.25) is 0 Å². The number of aryl methyl sites for hydroxylation is 2. The fraction of sp³-hybridized carbons (Fsp3) is 0.500. The van der Waals surface area contributed by atoms with Gasteiger partial charge in [0.2, 0.25) is 0 Å². The van der Waals surface area contributed by atoms with Gasteiger partial charge in [-0.1, -0.05) is 33.3 Å². The van der Waals surface area contributed by atoms with Crippen LogP contribution >= 0.6 is 0 Å². The number of hydrogen-bond acceptors (Lipinski definition) is 5. The molecule has 2 aromatic rings. The zero-order valence-electron chi connectivity index (χ0n) is 18.4. The number of carbonyl (C=O) groups is 1. The molecule has 0 unspecified atom stereocenters. The summed E-state index contributed by atoms with van der Waals surface area (Å²) in [5.74, 6) is 0.322. The summed E-state index contributed by atoms with van der Waals surface area (Å²) in [4.78, 5) is 41.5. The van der Waals surface area contributed by atoms with Crippen LogP contribution in [0, 0.1) is 19.8 Å². The lowest BCUT2D eigenvalue weighted by atomic mass is 10.1. The van der Waals surface area contributed by atoms with Crippen molar-refractivity contribution in [1.29, 1.82) is 0 Å². The van der Waals surface area contributed by atoms with E-state index in [-0.39, 0.29) is 24.0 Å². The van der Waals surface area contributed by atoms with Crippen LogP contribution in [-0.2, 0) is 11.3 Å². The minimum atomic E-state index is -0.673. The molecule has 1 heterocycles. The first-order chi connectivity index (χ1) is 14.1. The Morgan fingerprint density at radius 1 is 1.20 bits per heavy atom. The van der Waals surface area contributed by atoms with E-state index in [0.717, 1.165) is 17.5 Å². The third kappa shape index (κ3) is 5.75. The summed E-state index contributed by atoms with van der Waals surface area (Å²) in [6.07, 6.45) is 1.50. The number of aromatic nitrogens is 2. The molecule has 30 heavy (non-hydrogen) atoms. The first-order valence-corrected chi connectivity index (χ1v) is 10.3. The molecule has 8 heteroatoms. The molecule has 3 N–H and O–H groups in total. The predicted octanol–water partition coefficient (Wildman–Crippen LogP) is 2.60. The number of aromatic amines is 1. The van der Waals surface area contributed by atoms with Crippen molar-refractivity contribution in [3.63, 3.8) is 0 Å². The quantitative estimate of drug-likeness (QED) is 0.653. The van der Waals surface area contributed by atoms with E-state index in [0.29, 0.717) is 25.3 Å². The average molecular weight is 417 g/mol. The summed E-state index contributed by atoms with van der Waals surface area (Å²) in [5.41, 5.74) is 7.00. The van der Waals surface area contributed by atoms with E-state index in [1.165, 1.54) is 9.47 Å². The van der Waals surface area contributed by atoms with Gasteiger partial charge in [0.05, 0.1) is 0 Å². The summed E-state index contributed by atoms with van der Waals surface area (Å²) in [6, 6.07) is 5.71. The molecule has 8 nitrogen and oxygen atoms in total. The molecule has 1 aromatic heterocycles. The van der Waals surface area contributed by atoms with Crippen molar-refractivity contribution in [2.75, 3.05) is 23.8 Å². The normalized spacial score (nSPS) is 11.0. The summed E-state index contributed by atoms with van der Waals surface area (Å²) >= 11 is 0. The molecule has 0 radical (unpaired) electrons. The summed E-state index contributed by atoms with van der Waals surface area (Å²) in [7, 11) is 0. The minimum Gasteiger partial charge on any atom is -0.484 e. The smallest absolute Gasteiger partial charge is 0.330 e. The SMILES string of the molecule is CCCCN(C(=O)COc1cc(C)cc(C)c1)c1c(N)n(CC(C)C)c(=O)[nH]c1=O. The third-order valence-electron chi connectivity index (χ3n) is 4.63. The van der Waals surface area contributed by atoms with Crippen molar-refractivity contribution in [1.82, 2.24) is 9.55 Å². The Labute approximate surface area is 176 Å². The van der Waals surface area contributed by atoms with Crippen LogP contribution in [0.4, 0.5) is 11.5 Å². The molecule has 1 aromatic carbocycles. The maximum atomic E-state index is 13.0. The Morgan fingerprint density at radius 3 is 2.40 bits per heavy atom. The van der Waals surface area contributed by atoms with Gasteiger partial charge in [-0.3, -0.25) is 19.1 Å². The van der Waals surface area contributed by atoms with Gasteiger partial charge in [0, 0.05) is 13.1 Å². The highest BCUT2D eigenvalue weighted by Gasteiger charge is 2.24. The fourth-order valence-corrected chi connectivity index (χ4v) is 3.30. The molecule has 2 rings (SSSR count). The second kappa shape index (κ2) is 10.1. The van der Waals surface area contributed by atoms with E-state index >= 15 is 0 Å². The van der Waals surface area contributed by atoms with Crippen LogP contribution in [0.3, 0.4) is 0 Å². The van der Waals surface area contributed by atoms with Gasteiger partial charge in [-0.25, -0.2) is 4.79 Å². The fourth-order valence-electron chi connectivity index (χ4n) is 3.30. The van der Waals surface area contributed by atoms with Crippen molar-refractivity contribution in [3.05, 3.63) is 50.2 Å². The third-order valence-corrected chi connectivity index (χ3v) is 4.63. The number of anilines is 2. The monoisotopic (exact) mass is 416 g/mol. The molecule has 0 aliphatic rings. The van der Waals surface area contributed by atoms with Gasteiger partial charge in [0.15, 0.2) is 12.3 Å². The number of carbonyl (C=O) groups excluding carboxylic acids is 1. The number of ether oxygens (including phenoxy) is 1. The maximum absolute atomic E-state index is 13.0. The second-order valence-electron chi connectivity index (χ2n) is 8.01. The summed E-state index contributed by atoms with van der Waals surface area (Å²) < 4.78 is 7.00. The van der Waals surface area contributed by atoms with Gasteiger partial charge in [0.1, 0.15) is 11.6 Å². The van der Waals surface area contributed by atoms with Crippen LogP contribution < -0.4 is 26.6 Å². The van der Waals surface area contributed by atoms with Crippen LogP contribution in [0.5, 0.6) is 5.75 Å². The van der Waals surface area contributed by atoms with Crippen molar-refractivity contribution >= 4 is 17.4 Å². The number of nitrogen functional groups attached to an aromatic ring is 1. The standard InChI is InChI=1S/C22H32N4O4/c1-6-7-8-25(18(27)13-30-17-10-15(4)9-16(5)11-17)19-20(23)26(12-14(2)3)22(29)24-21(19)28/h9-11,14H,6-8,12-13,23H2,1-5H3,(H,24,28,29). The Kier molecular flexibility index (Phi) is 7.86. The van der Waals surface area contributed by atoms with E-state index in [2.05, 4.69) is 4.98 Å². The highest BCUT2D eigenvalue weighted by molar-refractivity contribution is 5.96. The predicted molar refractivity (Wildman–Crippen MR) is 119 cm³/mol. The van der Waals surface area contributed by atoms with Crippen molar-refractivity contribution in [2.24, 2.45) is 5.92 Å². The molecule has 164 valence electrons. The molecule has 0 bridgehead atoms. The van der Waals surface area contributed by atoms with E-state index in [1.807, 2.05) is 52.8 Å². The van der Waals surface area contributed by atoms with E-state index < -0.39 is 17.2 Å². The van der Waals surface area contributed by atoms with Crippen molar-refractivity contribution in [3.8, 4) is 5.75 Å². The Bertz CT molecular complexity index is 987. The largest absolute Gasteiger partial charge is 0.484 e. The molecule has 0 fully saturated rings. The summed E-state index contributed by atoms with van der Waals surface area (Å²) in [5, 5.41) is 0.